The van der Waals surface area contributed by atoms with Crippen molar-refractivity contribution in [2.45, 2.75) is 17.1 Å². The number of thioether (sulfide) groups is 1. The van der Waals surface area contributed by atoms with Crippen LogP contribution < -0.4 is 11.5 Å². The molecule has 0 bridgehead atoms. The molecule has 0 aliphatic heterocycles. The molecule has 1 atom stereocenters. The standard InChI is InChI=1S/C9H11FN2OS/c1-5(9(12)13)14-8-4-6(10)2-3-7(8)11/h2-5H,11H2,1H3,(H2,12,13). The molecule has 5 heteroatoms. The van der Waals surface area contributed by atoms with Crippen LogP contribution in [0.15, 0.2) is 23.1 Å². The number of hydrogen-bond donors (Lipinski definition) is 2. The van der Waals surface area contributed by atoms with E-state index < -0.39 is 11.2 Å². The summed E-state index contributed by atoms with van der Waals surface area (Å²) in [5, 5.41) is -0.418. The van der Waals surface area contributed by atoms with Crippen molar-refractivity contribution in [1.82, 2.24) is 0 Å². The summed E-state index contributed by atoms with van der Waals surface area (Å²) in [5.41, 5.74) is 11.1. The molecule has 1 unspecified atom stereocenters. The number of anilines is 1. The highest BCUT2D eigenvalue weighted by Gasteiger charge is 2.12. The molecule has 1 aromatic carbocycles. The van der Waals surface area contributed by atoms with Gasteiger partial charge in [0.05, 0.1) is 5.25 Å². The number of carbonyl (C=O) groups is 1. The zero-order chi connectivity index (χ0) is 10.7. The molecular weight excluding hydrogens is 203 g/mol. The maximum Gasteiger partial charge on any atom is 0.230 e. The van der Waals surface area contributed by atoms with E-state index in [2.05, 4.69) is 0 Å². The molecule has 0 saturated heterocycles. The van der Waals surface area contributed by atoms with Crippen LogP contribution in [0.3, 0.4) is 0 Å². The normalized spacial score (nSPS) is 12.4. The molecular formula is C9H11FN2OS. The highest BCUT2D eigenvalue weighted by Crippen LogP contribution is 2.29. The molecule has 0 aliphatic rings. The number of halogens is 1. The van der Waals surface area contributed by atoms with E-state index in [1.54, 1.807) is 6.92 Å². The van der Waals surface area contributed by atoms with Crippen LogP contribution in [0.2, 0.25) is 0 Å². The van der Waals surface area contributed by atoms with Gasteiger partial charge in [-0.1, -0.05) is 0 Å². The summed E-state index contributed by atoms with van der Waals surface area (Å²) in [5.74, 6) is -0.822. The Bertz CT molecular complexity index is 357. The van der Waals surface area contributed by atoms with Gasteiger partial charge in [0, 0.05) is 10.6 Å². The molecule has 3 nitrogen and oxygen atoms in total. The van der Waals surface area contributed by atoms with Gasteiger partial charge in [0.25, 0.3) is 0 Å². The Morgan fingerprint density at radius 1 is 1.57 bits per heavy atom. The Labute approximate surface area is 85.7 Å². The molecule has 1 aromatic rings. The van der Waals surface area contributed by atoms with Gasteiger partial charge < -0.3 is 11.5 Å². The molecule has 0 aromatic heterocycles. The monoisotopic (exact) mass is 214 g/mol. The summed E-state index contributed by atoms with van der Waals surface area (Å²) in [6.45, 7) is 1.65. The second-order valence-electron chi connectivity index (χ2n) is 2.84. The second kappa shape index (κ2) is 4.32. The first kappa shape index (κ1) is 10.8. The summed E-state index contributed by atoms with van der Waals surface area (Å²) in [4.78, 5) is 11.3. The smallest absolute Gasteiger partial charge is 0.230 e. The Morgan fingerprint density at radius 2 is 2.21 bits per heavy atom. The van der Waals surface area contributed by atoms with E-state index in [9.17, 15) is 9.18 Å². The van der Waals surface area contributed by atoms with Crippen molar-refractivity contribution < 1.29 is 9.18 Å². The molecule has 0 radical (unpaired) electrons. The number of nitrogen functional groups attached to an aromatic ring is 1. The zero-order valence-electron chi connectivity index (χ0n) is 7.66. The number of hydrogen-bond acceptors (Lipinski definition) is 3. The van der Waals surface area contributed by atoms with Crippen molar-refractivity contribution in [2.24, 2.45) is 5.73 Å². The van der Waals surface area contributed by atoms with E-state index in [0.29, 0.717) is 10.6 Å². The molecule has 4 N–H and O–H groups in total. The number of nitrogens with two attached hydrogens (primary N) is 2. The summed E-state index contributed by atoms with van der Waals surface area (Å²) in [6, 6.07) is 4.03. The van der Waals surface area contributed by atoms with Crippen LogP contribution in [-0.2, 0) is 4.79 Å². The topological polar surface area (TPSA) is 69.1 Å². The quantitative estimate of drug-likeness (QED) is 0.590. The third-order valence-electron chi connectivity index (χ3n) is 1.68. The van der Waals surface area contributed by atoms with Gasteiger partial charge in [-0.15, -0.1) is 11.8 Å². The van der Waals surface area contributed by atoms with Gasteiger partial charge >= 0.3 is 0 Å². The molecule has 0 spiro atoms. The third kappa shape index (κ3) is 2.63. The van der Waals surface area contributed by atoms with E-state index in [1.165, 1.54) is 18.2 Å². The van der Waals surface area contributed by atoms with Gasteiger partial charge in [-0.2, -0.15) is 0 Å². The molecule has 1 rings (SSSR count). The Morgan fingerprint density at radius 3 is 2.79 bits per heavy atom. The summed E-state index contributed by atoms with van der Waals surface area (Å²) < 4.78 is 12.8. The Balaban J connectivity index is 2.85. The minimum Gasteiger partial charge on any atom is -0.398 e. The van der Waals surface area contributed by atoms with Crippen molar-refractivity contribution in [1.29, 1.82) is 0 Å². The van der Waals surface area contributed by atoms with Crippen molar-refractivity contribution in [3.63, 3.8) is 0 Å². The molecule has 1 amide bonds. The minimum absolute atomic E-state index is 0.377. The average Bonchev–Trinajstić information content (AvgIpc) is 2.11. The maximum absolute atomic E-state index is 12.8. The summed E-state index contributed by atoms with van der Waals surface area (Å²) in [7, 11) is 0. The molecule has 14 heavy (non-hydrogen) atoms. The van der Waals surface area contributed by atoms with Gasteiger partial charge in [-0.05, 0) is 25.1 Å². The average molecular weight is 214 g/mol. The fourth-order valence-corrected chi connectivity index (χ4v) is 1.74. The van der Waals surface area contributed by atoms with Crippen LogP contribution >= 0.6 is 11.8 Å². The number of rotatable bonds is 3. The lowest BCUT2D eigenvalue weighted by molar-refractivity contribution is -0.117. The van der Waals surface area contributed by atoms with Crippen LogP contribution in [0.25, 0.3) is 0 Å². The van der Waals surface area contributed by atoms with Crippen molar-refractivity contribution in [3.8, 4) is 0 Å². The fraction of sp³-hybridized carbons (Fsp3) is 0.222. The van der Waals surface area contributed by atoms with Crippen LogP contribution in [-0.4, -0.2) is 11.2 Å². The van der Waals surface area contributed by atoms with Crippen LogP contribution in [0, 0.1) is 5.82 Å². The van der Waals surface area contributed by atoms with Gasteiger partial charge in [0.2, 0.25) is 5.91 Å². The largest absolute Gasteiger partial charge is 0.398 e. The minimum atomic E-state index is -0.446. The first-order valence-electron chi connectivity index (χ1n) is 4.01. The predicted octanol–water partition coefficient (Wildman–Crippen LogP) is 1.37. The second-order valence-corrected chi connectivity index (χ2v) is 4.23. The number of amides is 1. The zero-order valence-corrected chi connectivity index (χ0v) is 8.48. The first-order valence-corrected chi connectivity index (χ1v) is 4.89. The Kier molecular flexibility index (Phi) is 3.35. The molecule has 0 aliphatic carbocycles. The van der Waals surface area contributed by atoms with E-state index in [4.69, 9.17) is 11.5 Å². The van der Waals surface area contributed by atoms with E-state index in [1.807, 2.05) is 0 Å². The Hall–Kier alpha value is -1.23. The summed E-state index contributed by atoms with van der Waals surface area (Å²) in [6.07, 6.45) is 0. The third-order valence-corrected chi connectivity index (χ3v) is 2.87. The molecule has 0 saturated carbocycles. The highest BCUT2D eigenvalue weighted by molar-refractivity contribution is 8.00. The number of benzene rings is 1. The van der Waals surface area contributed by atoms with Gasteiger partial charge in [-0.25, -0.2) is 4.39 Å². The summed E-state index contributed by atoms with van der Waals surface area (Å²) >= 11 is 1.15. The molecule has 0 fully saturated rings. The van der Waals surface area contributed by atoms with Crippen molar-refractivity contribution in [2.75, 3.05) is 5.73 Å². The number of primary amides is 1. The van der Waals surface area contributed by atoms with Gasteiger partial charge in [-0.3, -0.25) is 4.79 Å². The predicted molar refractivity (Wildman–Crippen MR) is 55.3 cm³/mol. The highest BCUT2D eigenvalue weighted by atomic mass is 32.2. The lowest BCUT2D eigenvalue weighted by Crippen LogP contribution is -2.22. The van der Waals surface area contributed by atoms with E-state index in [0.717, 1.165) is 11.8 Å². The van der Waals surface area contributed by atoms with Crippen LogP contribution in [0.1, 0.15) is 6.92 Å². The van der Waals surface area contributed by atoms with Gasteiger partial charge in [0.1, 0.15) is 5.82 Å². The lowest BCUT2D eigenvalue weighted by Gasteiger charge is -2.09. The first-order chi connectivity index (χ1) is 6.50. The van der Waals surface area contributed by atoms with Gasteiger partial charge in [0.15, 0.2) is 0 Å². The van der Waals surface area contributed by atoms with Crippen molar-refractivity contribution in [3.05, 3.63) is 24.0 Å². The molecule has 76 valence electrons. The van der Waals surface area contributed by atoms with E-state index >= 15 is 0 Å². The lowest BCUT2D eigenvalue weighted by atomic mass is 10.3. The van der Waals surface area contributed by atoms with E-state index in [-0.39, 0.29) is 5.82 Å². The fourth-order valence-electron chi connectivity index (χ4n) is 0.859. The van der Waals surface area contributed by atoms with Crippen LogP contribution in [0.5, 0.6) is 0 Å². The van der Waals surface area contributed by atoms with Crippen LogP contribution in [0.4, 0.5) is 10.1 Å². The number of carbonyl (C=O) groups excluding carboxylic acids is 1. The molecule has 0 heterocycles. The van der Waals surface area contributed by atoms with Crippen molar-refractivity contribution >= 4 is 23.4 Å². The maximum atomic E-state index is 12.8. The SMILES string of the molecule is CC(Sc1cc(F)ccc1N)C(N)=O.